The van der Waals surface area contributed by atoms with Gasteiger partial charge in [-0.2, -0.15) is 13.2 Å². The summed E-state index contributed by atoms with van der Waals surface area (Å²) in [5.41, 5.74) is 2.11. The average Bonchev–Trinajstić information content (AvgIpc) is 2.60. The summed E-state index contributed by atoms with van der Waals surface area (Å²) in [6, 6.07) is 11.7. The molecule has 0 spiro atoms. The van der Waals surface area contributed by atoms with Gasteiger partial charge in [-0.25, -0.2) is 9.97 Å². The standard InChI is InChI=1S/C20H17F3N4O/c1-12-8-13(2)10-16(9-12)25-18(28)17-6-7-24-19(27-17)26-15-5-3-4-14(11-15)20(21,22)23/h3-11H,1-2H3,(H,25,28)(H,24,26,27). The first-order chi connectivity index (χ1) is 13.2. The van der Waals surface area contributed by atoms with Gasteiger partial charge >= 0.3 is 6.18 Å². The lowest BCUT2D eigenvalue weighted by atomic mass is 10.1. The van der Waals surface area contributed by atoms with E-state index in [4.69, 9.17) is 0 Å². The molecule has 3 rings (SSSR count). The molecule has 3 aromatic rings. The van der Waals surface area contributed by atoms with Gasteiger partial charge in [0.1, 0.15) is 5.69 Å². The van der Waals surface area contributed by atoms with Crippen LogP contribution in [-0.2, 0) is 6.18 Å². The maximum Gasteiger partial charge on any atom is 0.416 e. The Morgan fingerprint density at radius 3 is 2.36 bits per heavy atom. The number of nitrogens with zero attached hydrogens (tertiary/aromatic N) is 2. The first-order valence-electron chi connectivity index (χ1n) is 8.38. The fourth-order valence-corrected chi connectivity index (χ4v) is 2.69. The van der Waals surface area contributed by atoms with Crippen LogP contribution in [0.15, 0.2) is 54.7 Å². The Morgan fingerprint density at radius 2 is 1.68 bits per heavy atom. The third-order valence-electron chi connectivity index (χ3n) is 3.81. The Kier molecular flexibility index (Phi) is 5.30. The molecular formula is C20H17F3N4O. The predicted molar refractivity (Wildman–Crippen MR) is 101 cm³/mol. The lowest BCUT2D eigenvalue weighted by Crippen LogP contribution is -2.15. The van der Waals surface area contributed by atoms with Gasteiger partial charge in [-0.1, -0.05) is 12.1 Å². The molecule has 0 aliphatic rings. The molecule has 0 radical (unpaired) electrons. The highest BCUT2D eigenvalue weighted by atomic mass is 19.4. The van der Waals surface area contributed by atoms with Gasteiger partial charge in [0.15, 0.2) is 0 Å². The van der Waals surface area contributed by atoms with Crippen molar-refractivity contribution in [2.24, 2.45) is 0 Å². The zero-order valence-corrected chi connectivity index (χ0v) is 15.1. The molecule has 2 aromatic carbocycles. The number of rotatable bonds is 4. The van der Waals surface area contributed by atoms with Gasteiger partial charge in [0.05, 0.1) is 5.56 Å². The number of aromatic nitrogens is 2. The maximum absolute atomic E-state index is 12.8. The summed E-state index contributed by atoms with van der Waals surface area (Å²) in [4.78, 5) is 20.5. The smallest absolute Gasteiger partial charge is 0.324 e. The number of carbonyl (C=O) groups is 1. The van der Waals surface area contributed by atoms with Crippen LogP contribution in [-0.4, -0.2) is 15.9 Å². The molecule has 0 aliphatic carbocycles. The molecule has 0 bridgehead atoms. The van der Waals surface area contributed by atoms with E-state index >= 15 is 0 Å². The van der Waals surface area contributed by atoms with E-state index in [9.17, 15) is 18.0 Å². The highest BCUT2D eigenvalue weighted by Crippen LogP contribution is 2.31. The SMILES string of the molecule is Cc1cc(C)cc(NC(=O)c2ccnc(Nc3cccc(C(F)(F)F)c3)n2)c1. The average molecular weight is 386 g/mol. The first kappa shape index (κ1) is 19.3. The monoisotopic (exact) mass is 386 g/mol. The van der Waals surface area contributed by atoms with E-state index in [1.54, 1.807) is 0 Å². The highest BCUT2D eigenvalue weighted by Gasteiger charge is 2.30. The number of benzene rings is 2. The van der Waals surface area contributed by atoms with Gasteiger partial charge < -0.3 is 10.6 Å². The van der Waals surface area contributed by atoms with Crippen LogP contribution in [0.2, 0.25) is 0 Å². The second-order valence-corrected chi connectivity index (χ2v) is 6.30. The summed E-state index contributed by atoms with van der Waals surface area (Å²) in [5, 5.41) is 5.45. The van der Waals surface area contributed by atoms with Crippen molar-refractivity contribution in [2.45, 2.75) is 20.0 Å². The number of hydrogen-bond acceptors (Lipinski definition) is 4. The van der Waals surface area contributed by atoms with Crippen LogP contribution in [0.5, 0.6) is 0 Å². The molecule has 1 heterocycles. The summed E-state index contributed by atoms with van der Waals surface area (Å²) in [6.07, 6.45) is -3.09. The second-order valence-electron chi connectivity index (χ2n) is 6.30. The lowest BCUT2D eigenvalue weighted by molar-refractivity contribution is -0.137. The zero-order chi connectivity index (χ0) is 20.3. The van der Waals surface area contributed by atoms with Crippen LogP contribution in [0.1, 0.15) is 27.2 Å². The third kappa shape index (κ3) is 4.85. The topological polar surface area (TPSA) is 66.9 Å². The van der Waals surface area contributed by atoms with Crippen molar-refractivity contribution in [2.75, 3.05) is 10.6 Å². The van der Waals surface area contributed by atoms with Crippen molar-refractivity contribution in [3.8, 4) is 0 Å². The molecule has 0 saturated carbocycles. The van der Waals surface area contributed by atoms with Crippen molar-refractivity contribution < 1.29 is 18.0 Å². The van der Waals surface area contributed by atoms with E-state index in [0.717, 1.165) is 23.3 Å². The molecule has 1 amide bonds. The number of amides is 1. The fraction of sp³-hybridized carbons (Fsp3) is 0.150. The number of nitrogens with one attached hydrogen (secondary N) is 2. The number of halogens is 3. The summed E-state index contributed by atoms with van der Waals surface area (Å²) in [6.45, 7) is 3.84. The Balaban J connectivity index is 1.78. The zero-order valence-electron chi connectivity index (χ0n) is 15.1. The minimum atomic E-state index is -4.45. The Bertz CT molecular complexity index is 998. The van der Waals surface area contributed by atoms with Gasteiger partial charge in [-0.3, -0.25) is 4.79 Å². The molecule has 0 saturated heterocycles. The van der Waals surface area contributed by atoms with E-state index in [1.807, 2.05) is 32.0 Å². The van der Waals surface area contributed by atoms with Crippen molar-refractivity contribution in [3.63, 3.8) is 0 Å². The molecule has 144 valence electrons. The van der Waals surface area contributed by atoms with Crippen molar-refractivity contribution >= 4 is 23.2 Å². The lowest BCUT2D eigenvalue weighted by Gasteiger charge is -2.10. The van der Waals surface area contributed by atoms with E-state index in [1.165, 1.54) is 24.4 Å². The summed E-state index contributed by atoms with van der Waals surface area (Å²) >= 11 is 0. The Hall–Kier alpha value is -3.42. The molecule has 0 fully saturated rings. The third-order valence-corrected chi connectivity index (χ3v) is 3.81. The van der Waals surface area contributed by atoms with E-state index in [2.05, 4.69) is 20.6 Å². The van der Waals surface area contributed by atoms with Crippen LogP contribution in [0.3, 0.4) is 0 Å². The molecule has 2 N–H and O–H groups in total. The number of alkyl halides is 3. The number of carbonyl (C=O) groups excluding carboxylic acids is 1. The van der Waals surface area contributed by atoms with Gasteiger partial charge in [0, 0.05) is 17.6 Å². The summed E-state index contributed by atoms with van der Waals surface area (Å²) in [5.74, 6) is -0.424. The molecule has 1 aromatic heterocycles. The van der Waals surface area contributed by atoms with Crippen LogP contribution < -0.4 is 10.6 Å². The summed E-state index contributed by atoms with van der Waals surface area (Å²) in [7, 11) is 0. The fourth-order valence-electron chi connectivity index (χ4n) is 2.69. The highest BCUT2D eigenvalue weighted by molar-refractivity contribution is 6.03. The van der Waals surface area contributed by atoms with Crippen molar-refractivity contribution in [1.29, 1.82) is 0 Å². The minimum absolute atomic E-state index is 0.0207. The molecule has 0 atom stereocenters. The molecule has 28 heavy (non-hydrogen) atoms. The number of anilines is 3. The Labute approximate surface area is 159 Å². The Morgan fingerprint density at radius 1 is 0.964 bits per heavy atom. The van der Waals surface area contributed by atoms with Gasteiger partial charge in [-0.15, -0.1) is 0 Å². The quantitative estimate of drug-likeness (QED) is 0.654. The van der Waals surface area contributed by atoms with Crippen LogP contribution in [0, 0.1) is 13.8 Å². The van der Waals surface area contributed by atoms with E-state index in [-0.39, 0.29) is 17.3 Å². The normalized spacial score (nSPS) is 11.2. The van der Waals surface area contributed by atoms with Crippen LogP contribution in [0.25, 0.3) is 0 Å². The summed E-state index contributed by atoms with van der Waals surface area (Å²) < 4.78 is 38.5. The molecule has 5 nitrogen and oxygen atoms in total. The largest absolute Gasteiger partial charge is 0.416 e. The van der Waals surface area contributed by atoms with Crippen LogP contribution in [0.4, 0.5) is 30.5 Å². The van der Waals surface area contributed by atoms with Crippen LogP contribution >= 0.6 is 0 Å². The van der Waals surface area contributed by atoms with E-state index < -0.39 is 17.6 Å². The number of aryl methyl sites for hydroxylation is 2. The van der Waals surface area contributed by atoms with E-state index in [0.29, 0.717) is 5.69 Å². The van der Waals surface area contributed by atoms with Crippen molar-refractivity contribution in [1.82, 2.24) is 9.97 Å². The molecule has 0 unspecified atom stereocenters. The minimum Gasteiger partial charge on any atom is -0.324 e. The predicted octanol–water partition coefficient (Wildman–Crippen LogP) is 5.11. The molecular weight excluding hydrogens is 369 g/mol. The molecule has 0 aliphatic heterocycles. The van der Waals surface area contributed by atoms with Crippen molar-refractivity contribution in [3.05, 3.63) is 77.1 Å². The second kappa shape index (κ2) is 7.67. The number of hydrogen-bond donors (Lipinski definition) is 2. The first-order valence-corrected chi connectivity index (χ1v) is 8.38. The van der Waals surface area contributed by atoms with Gasteiger partial charge in [0.2, 0.25) is 5.95 Å². The maximum atomic E-state index is 12.8. The molecule has 8 heteroatoms. The van der Waals surface area contributed by atoms with Gasteiger partial charge in [-0.05, 0) is 61.4 Å². The van der Waals surface area contributed by atoms with Gasteiger partial charge in [0.25, 0.3) is 5.91 Å².